The molecule has 3 N–H and O–H groups in total. The Morgan fingerprint density at radius 2 is 1.93 bits per heavy atom. The summed E-state index contributed by atoms with van der Waals surface area (Å²) in [6, 6.07) is 4.64. The number of hydrogen-bond acceptors (Lipinski definition) is 6. The van der Waals surface area contributed by atoms with Crippen LogP contribution in [0.2, 0.25) is 0 Å². The van der Waals surface area contributed by atoms with Crippen molar-refractivity contribution in [3.63, 3.8) is 0 Å². The molecule has 1 aliphatic carbocycles. The first kappa shape index (κ1) is 22.9. The van der Waals surface area contributed by atoms with E-state index in [0.717, 1.165) is 25.9 Å². The second kappa shape index (κ2) is 9.41. The van der Waals surface area contributed by atoms with Crippen molar-refractivity contribution in [3.8, 4) is 5.75 Å². The van der Waals surface area contributed by atoms with E-state index in [4.69, 9.17) is 9.47 Å². The highest BCUT2D eigenvalue weighted by atomic mass is 35.5. The Hall–Kier alpha value is -1.39. The Labute approximate surface area is 172 Å². The normalized spacial score (nSPS) is 18.8. The Kier molecular flexibility index (Phi) is 7.69. The van der Waals surface area contributed by atoms with E-state index in [-0.39, 0.29) is 35.0 Å². The SMILES string of the molecule is COCC1(C(=O)Nc2ccc(OC)c(S(=O)(=O)NC3CC3)c2)CCNCC1.Cl. The van der Waals surface area contributed by atoms with Crippen LogP contribution < -0.4 is 20.1 Å². The molecule has 0 spiro atoms. The van der Waals surface area contributed by atoms with Crippen LogP contribution >= 0.6 is 12.4 Å². The van der Waals surface area contributed by atoms with Gasteiger partial charge in [0, 0.05) is 18.8 Å². The number of nitrogens with one attached hydrogen (secondary N) is 3. The van der Waals surface area contributed by atoms with Gasteiger partial charge >= 0.3 is 0 Å². The van der Waals surface area contributed by atoms with Gasteiger partial charge in [0.15, 0.2) is 0 Å². The molecule has 0 aromatic heterocycles. The quantitative estimate of drug-likeness (QED) is 0.574. The van der Waals surface area contributed by atoms with Gasteiger partial charge in [0.05, 0.1) is 19.1 Å². The molecule has 1 heterocycles. The maximum atomic E-state index is 13.0. The van der Waals surface area contributed by atoms with E-state index >= 15 is 0 Å². The number of halogens is 1. The van der Waals surface area contributed by atoms with Crippen molar-refractivity contribution in [2.24, 2.45) is 5.41 Å². The standard InChI is InChI=1S/C18H27N3O5S.ClH/c1-25-12-18(7-9-19-10-8-18)17(22)20-14-5-6-15(26-2)16(11-14)27(23,24)21-13-3-4-13;/h5-6,11,13,19,21H,3-4,7-10,12H2,1-2H3,(H,20,22);1H. The highest BCUT2D eigenvalue weighted by Crippen LogP contribution is 2.33. The number of benzene rings is 1. The summed E-state index contributed by atoms with van der Waals surface area (Å²) in [6.45, 7) is 1.81. The van der Waals surface area contributed by atoms with E-state index in [0.29, 0.717) is 25.1 Å². The highest BCUT2D eigenvalue weighted by molar-refractivity contribution is 7.89. The Balaban J connectivity index is 0.00000280. The number of anilines is 1. The lowest BCUT2D eigenvalue weighted by Gasteiger charge is -2.35. The van der Waals surface area contributed by atoms with Crippen LogP contribution in [0.1, 0.15) is 25.7 Å². The maximum Gasteiger partial charge on any atom is 0.244 e. The molecule has 10 heteroatoms. The van der Waals surface area contributed by atoms with E-state index in [1.807, 2.05) is 0 Å². The lowest BCUT2D eigenvalue weighted by Crippen LogP contribution is -2.47. The second-order valence-corrected chi connectivity index (χ2v) is 8.86. The summed E-state index contributed by atoms with van der Waals surface area (Å²) >= 11 is 0. The largest absolute Gasteiger partial charge is 0.495 e. The molecule has 2 fully saturated rings. The summed E-state index contributed by atoms with van der Waals surface area (Å²) in [4.78, 5) is 13.0. The zero-order valence-electron chi connectivity index (χ0n) is 16.1. The lowest BCUT2D eigenvalue weighted by molar-refractivity contribution is -0.130. The van der Waals surface area contributed by atoms with Crippen molar-refractivity contribution < 1.29 is 22.7 Å². The monoisotopic (exact) mass is 433 g/mol. The van der Waals surface area contributed by atoms with Gasteiger partial charge in [-0.2, -0.15) is 0 Å². The molecule has 1 aromatic carbocycles. The van der Waals surface area contributed by atoms with E-state index < -0.39 is 15.4 Å². The summed E-state index contributed by atoms with van der Waals surface area (Å²) in [5, 5.41) is 6.12. The molecule has 0 unspecified atom stereocenters. The molecule has 3 rings (SSSR count). The zero-order chi connectivity index (χ0) is 19.5. The second-order valence-electron chi connectivity index (χ2n) is 7.18. The molecule has 2 aliphatic rings. The van der Waals surface area contributed by atoms with Crippen LogP contribution in [0.15, 0.2) is 23.1 Å². The number of carbonyl (C=O) groups excluding carboxylic acids is 1. The smallest absolute Gasteiger partial charge is 0.244 e. The number of sulfonamides is 1. The highest BCUT2D eigenvalue weighted by Gasteiger charge is 2.40. The van der Waals surface area contributed by atoms with Crippen LogP contribution in [0.3, 0.4) is 0 Å². The number of rotatable bonds is 8. The van der Waals surface area contributed by atoms with Gasteiger partial charge < -0.3 is 20.1 Å². The van der Waals surface area contributed by atoms with Gasteiger partial charge in [-0.05, 0) is 57.0 Å². The fourth-order valence-electron chi connectivity index (χ4n) is 3.33. The number of ether oxygens (including phenoxy) is 2. The summed E-state index contributed by atoms with van der Waals surface area (Å²) in [6.07, 6.45) is 3.01. The van der Waals surface area contributed by atoms with Crippen molar-refractivity contribution in [1.29, 1.82) is 0 Å². The molecule has 1 saturated heterocycles. The topological polar surface area (TPSA) is 106 Å². The average Bonchev–Trinajstić information content (AvgIpc) is 3.46. The summed E-state index contributed by atoms with van der Waals surface area (Å²) in [5.74, 6) is 0.0872. The van der Waals surface area contributed by atoms with Gasteiger partial charge in [-0.3, -0.25) is 4.79 Å². The van der Waals surface area contributed by atoms with Crippen molar-refractivity contribution in [2.45, 2.75) is 36.6 Å². The first-order valence-electron chi connectivity index (χ1n) is 9.12. The van der Waals surface area contributed by atoms with Gasteiger partial charge in [0.2, 0.25) is 15.9 Å². The predicted octanol–water partition coefficient (Wildman–Crippen LogP) is 1.51. The molecule has 1 aromatic rings. The third-order valence-electron chi connectivity index (χ3n) is 5.07. The maximum absolute atomic E-state index is 13.0. The molecule has 1 saturated carbocycles. The van der Waals surface area contributed by atoms with Crippen LogP contribution in [-0.4, -0.2) is 54.3 Å². The third-order valence-corrected chi connectivity index (χ3v) is 6.61. The van der Waals surface area contributed by atoms with Gasteiger partial charge in [-0.25, -0.2) is 13.1 Å². The lowest BCUT2D eigenvalue weighted by atomic mass is 9.78. The molecular weight excluding hydrogens is 406 g/mol. The molecule has 0 radical (unpaired) electrons. The molecular formula is C18H28ClN3O5S. The van der Waals surface area contributed by atoms with Crippen molar-refractivity contribution in [2.75, 3.05) is 39.2 Å². The fraction of sp³-hybridized carbons (Fsp3) is 0.611. The van der Waals surface area contributed by atoms with E-state index in [9.17, 15) is 13.2 Å². The Morgan fingerprint density at radius 3 is 2.50 bits per heavy atom. The van der Waals surface area contributed by atoms with Crippen molar-refractivity contribution >= 4 is 34.0 Å². The van der Waals surface area contributed by atoms with Crippen molar-refractivity contribution in [3.05, 3.63) is 18.2 Å². The number of piperidine rings is 1. The van der Waals surface area contributed by atoms with Gasteiger partial charge in [0.1, 0.15) is 10.6 Å². The van der Waals surface area contributed by atoms with Gasteiger partial charge in [-0.1, -0.05) is 0 Å². The van der Waals surface area contributed by atoms with Crippen LogP contribution in [0.5, 0.6) is 5.75 Å². The minimum atomic E-state index is -3.71. The van der Waals surface area contributed by atoms with Crippen LogP contribution in [0.25, 0.3) is 0 Å². The van der Waals surface area contributed by atoms with Crippen LogP contribution in [0, 0.1) is 5.41 Å². The summed E-state index contributed by atoms with van der Waals surface area (Å²) in [5.41, 5.74) is -0.198. The minimum absolute atomic E-state index is 0. The molecule has 158 valence electrons. The molecule has 0 atom stereocenters. The number of carbonyl (C=O) groups is 1. The molecule has 1 aliphatic heterocycles. The summed E-state index contributed by atoms with van der Waals surface area (Å²) in [7, 11) is -0.704. The van der Waals surface area contributed by atoms with E-state index in [2.05, 4.69) is 15.4 Å². The van der Waals surface area contributed by atoms with E-state index in [1.165, 1.54) is 13.2 Å². The van der Waals surface area contributed by atoms with Gasteiger partial charge in [0.25, 0.3) is 0 Å². The van der Waals surface area contributed by atoms with Crippen LogP contribution in [-0.2, 0) is 19.6 Å². The van der Waals surface area contributed by atoms with Crippen LogP contribution in [0.4, 0.5) is 5.69 Å². The Bertz CT molecular complexity index is 787. The zero-order valence-corrected chi connectivity index (χ0v) is 17.7. The molecule has 8 nitrogen and oxygen atoms in total. The summed E-state index contributed by atoms with van der Waals surface area (Å²) < 4.78 is 38.4. The van der Waals surface area contributed by atoms with E-state index in [1.54, 1.807) is 19.2 Å². The number of methoxy groups -OCH3 is 2. The number of hydrogen-bond donors (Lipinski definition) is 3. The van der Waals surface area contributed by atoms with Crippen molar-refractivity contribution in [1.82, 2.24) is 10.0 Å². The Morgan fingerprint density at radius 1 is 1.25 bits per heavy atom. The number of amides is 1. The first-order valence-corrected chi connectivity index (χ1v) is 10.6. The minimum Gasteiger partial charge on any atom is -0.495 e. The third kappa shape index (κ3) is 5.15. The fourth-order valence-corrected chi connectivity index (χ4v) is 4.83. The molecule has 1 amide bonds. The molecule has 28 heavy (non-hydrogen) atoms. The molecule has 0 bridgehead atoms. The van der Waals surface area contributed by atoms with Gasteiger partial charge in [-0.15, -0.1) is 12.4 Å². The first-order chi connectivity index (χ1) is 12.9. The predicted molar refractivity (Wildman–Crippen MR) is 109 cm³/mol. The average molecular weight is 434 g/mol.